The Bertz CT molecular complexity index is 963. The van der Waals surface area contributed by atoms with Crippen molar-refractivity contribution in [3.63, 3.8) is 0 Å². The standard InChI is InChI=1S/C20H23N3O7/c1-5-29-16(24)10-30-22-13(4)17-11(2)21-12(3)18(20(25)26)19(17)14-7-6-8-15(9-14)23(27)28/h6-9,19,22H,5,10H2,1-4H3,(H,25,26). The van der Waals surface area contributed by atoms with Crippen LogP contribution in [0.1, 0.15) is 39.2 Å². The maximum Gasteiger partial charge on any atom is 0.334 e. The molecular formula is C20H23N3O7. The molecule has 0 saturated heterocycles. The van der Waals surface area contributed by atoms with Gasteiger partial charge >= 0.3 is 11.9 Å². The van der Waals surface area contributed by atoms with Crippen molar-refractivity contribution in [3.8, 4) is 0 Å². The molecule has 1 aliphatic heterocycles. The fraction of sp³-hybridized carbons (Fsp3) is 0.350. The Morgan fingerprint density at radius 2 is 2.03 bits per heavy atom. The van der Waals surface area contributed by atoms with Gasteiger partial charge < -0.3 is 9.84 Å². The number of hydrogen-bond donors (Lipinski definition) is 2. The highest BCUT2D eigenvalue weighted by atomic mass is 16.7. The van der Waals surface area contributed by atoms with E-state index in [2.05, 4.69) is 10.5 Å². The number of rotatable bonds is 8. The quantitative estimate of drug-likeness (QED) is 0.374. The smallest absolute Gasteiger partial charge is 0.334 e. The zero-order valence-electron chi connectivity index (χ0n) is 17.1. The lowest BCUT2D eigenvalue weighted by Gasteiger charge is -2.28. The van der Waals surface area contributed by atoms with Crippen molar-refractivity contribution >= 4 is 23.3 Å². The van der Waals surface area contributed by atoms with Crippen LogP contribution in [0.3, 0.4) is 0 Å². The van der Waals surface area contributed by atoms with Crippen molar-refractivity contribution in [2.24, 2.45) is 4.99 Å². The largest absolute Gasteiger partial charge is 0.478 e. The predicted molar refractivity (Wildman–Crippen MR) is 108 cm³/mol. The summed E-state index contributed by atoms with van der Waals surface area (Å²) in [6, 6.07) is 5.80. The fourth-order valence-corrected chi connectivity index (χ4v) is 3.31. The number of allylic oxidation sites excluding steroid dienone is 3. The molecule has 1 unspecified atom stereocenters. The van der Waals surface area contributed by atoms with E-state index < -0.39 is 22.8 Å². The Morgan fingerprint density at radius 3 is 2.63 bits per heavy atom. The first kappa shape index (κ1) is 22.8. The van der Waals surface area contributed by atoms with Gasteiger partial charge in [-0.2, -0.15) is 0 Å². The van der Waals surface area contributed by atoms with Crippen LogP contribution in [0.4, 0.5) is 5.69 Å². The second-order valence-electron chi connectivity index (χ2n) is 6.52. The molecular weight excluding hydrogens is 394 g/mol. The van der Waals surface area contributed by atoms with Crippen molar-refractivity contribution in [3.05, 3.63) is 62.5 Å². The number of nitrogens with one attached hydrogen (secondary N) is 1. The molecule has 0 radical (unpaired) electrons. The highest BCUT2D eigenvalue weighted by molar-refractivity contribution is 6.06. The molecule has 2 rings (SSSR count). The molecule has 1 aliphatic rings. The first-order valence-electron chi connectivity index (χ1n) is 9.15. The van der Waals surface area contributed by atoms with Crippen LogP contribution in [0, 0.1) is 10.1 Å². The molecule has 0 fully saturated rings. The molecule has 1 heterocycles. The van der Waals surface area contributed by atoms with Crippen LogP contribution in [0.5, 0.6) is 0 Å². The number of esters is 1. The van der Waals surface area contributed by atoms with Crippen molar-refractivity contribution in [1.29, 1.82) is 0 Å². The zero-order chi connectivity index (χ0) is 22.4. The van der Waals surface area contributed by atoms with E-state index in [0.717, 1.165) is 0 Å². The molecule has 0 saturated carbocycles. The summed E-state index contributed by atoms with van der Waals surface area (Å²) in [6.07, 6.45) is 0. The lowest BCUT2D eigenvalue weighted by Crippen LogP contribution is -2.28. The molecule has 1 aromatic carbocycles. The number of aliphatic carboxylic acids is 1. The van der Waals surface area contributed by atoms with Crippen molar-refractivity contribution in [2.75, 3.05) is 13.2 Å². The number of aliphatic imine (C=N–C) groups is 1. The molecule has 0 aromatic heterocycles. The first-order valence-corrected chi connectivity index (χ1v) is 9.15. The molecule has 10 heteroatoms. The molecule has 30 heavy (non-hydrogen) atoms. The number of nitro benzene ring substituents is 1. The maximum absolute atomic E-state index is 12.0. The third kappa shape index (κ3) is 5.09. The number of carboxylic acid groups (broad SMARTS) is 1. The molecule has 2 N–H and O–H groups in total. The lowest BCUT2D eigenvalue weighted by atomic mass is 9.79. The Hall–Kier alpha value is -3.53. The van der Waals surface area contributed by atoms with Gasteiger partial charge in [0.1, 0.15) is 0 Å². The Labute approximate surface area is 173 Å². The van der Waals surface area contributed by atoms with Gasteiger partial charge in [-0.1, -0.05) is 12.1 Å². The van der Waals surface area contributed by atoms with Crippen LogP contribution in [0.2, 0.25) is 0 Å². The van der Waals surface area contributed by atoms with Crippen molar-refractivity contribution in [1.82, 2.24) is 5.48 Å². The van der Waals surface area contributed by atoms with Gasteiger partial charge in [-0.3, -0.25) is 25.4 Å². The number of benzene rings is 1. The van der Waals surface area contributed by atoms with E-state index in [4.69, 9.17) is 9.57 Å². The van der Waals surface area contributed by atoms with Crippen LogP contribution in [-0.2, 0) is 19.2 Å². The van der Waals surface area contributed by atoms with E-state index in [0.29, 0.717) is 28.2 Å². The van der Waals surface area contributed by atoms with Crippen LogP contribution in [-0.4, -0.2) is 40.9 Å². The summed E-state index contributed by atoms with van der Waals surface area (Å²) in [6.45, 7) is 6.47. The summed E-state index contributed by atoms with van der Waals surface area (Å²) < 4.78 is 4.79. The van der Waals surface area contributed by atoms with E-state index in [-0.39, 0.29) is 24.5 Å². The van der Waals surface area contributed by atoms with Crippen LogP contribution in [0.25, 0.3) is 0 Å². The van der Waals surface area contributed by atoms with Crippen LogP contribution >= 0.6 is 0 Å². The number of nitrogens with zero attached hydrogens (tertiary/aromatic N) is 2. The van der Waals surface area contributed by atoms with Gasteiger partial charge in [-0.05, 0) is 33.3 Å². The second-order valence-corrected chi connectivity index (χ2v) is 6.52. The van der Waals surface area contributed by atoms with E-state index in [1.54, 1.807) is 33.8 Å². The minimum absolute atomic E-state index is 0.00245. The van der Waals surface area contributed by atoms with Gasteiger partial charge in [0.15, 0.2) is 6.61 Å². The number of carboxylic acids is 1. The third-order valence-electron chi connectivity index (χ3n) is 4.46. The summed E-state index contributed by atoms with van der Waals surface area (Å²) in [7, 11) is 0. The van der Waals surface area contributed by atoms with Crippen LogP contribution in [0.15, 0.2) is 51.8 Å². The molecule has 0 bridgehead atoms. The molecule has 0 aliphatic carbocycles. The highest BCUT2D eigenvalue weighted by Gasteiger charge is 2.34. The summed E-state index contributed by atoms with van der Waals surface area (Å²) in [5, 5.41) is 21.0. The molecule has 1 aromatic rings. The van der Waals surface area contributed by atoms with Crippen molar-refractivity contribution in [2.45, 2.75) is 33.6 Å². The summed E-state index contributed by atoms with van der Waals surface area (Å²) >= 11 is 0. The van der Waals surface area contributed by atoms with Gasteiger partial charge in [-0.15, -0.1) is 0 Å². The Kier molecular flexibility index (Phi) is 7.43. The summed E-state index contributed by atoms with van der Waals surface area (Å²) in [5.74, 6) is -2.56. The Balaban J connectivity index is 2.52. The molecule has 0 amide bonds. The predicted octanol–water partition coefficient (Wildman–Crippen LogP) is 2.87. The number of carbonyl (C=O) groups excluding carboxylic acids is 1. The fourth-order valence-electron chi connectivity index (χ4n) is 3.31. The normalized spacial score (nSPS) is 17.9. The summed E-state index contributed by atoms with van der Waals surface area (Å²) in [5.41, 5.74) is 4.65. The zero-order valence-corrected chi connectivity index (χ0v) is 17.1. The lowest BCUT2D eigenvalue weighted by molar-refractivity contribution is -0.384. The number of hydroxylamine groups is 1. The van der Waals surface area contributed by atoms with Crippen LogP contribution < -0.4 is 5.48 Å². The topological polar surface area (TPSA) is 140 Å². The minimum atomic E-state index is -1.18. The van der Waals surface area contributed by atoms with E-state index >= 15 is 0 Å². The van der Waals surface area contributed by atoms with E-state index in [1.807, 2.05) is 0 Å². The number of carbonyl (C=O) groups is 2. The molecule has 1 atom stereocenters. The van der Waals surface area contributed by atoms with Crippen molar-refractivity contribution < 1.29 is 29.2 Å². The number of ether oxygens (including phenoxy) is 1. The molecule has 0 spiro atoms. The van der Waals surface area contributed by atoms with E-state index in [9.17, 15) is 24.8 Å². The first-order chi connectivity index (χ1) is 14.2. The Morgan fingerprint density at radius 1 is 1.33 bits per heavy atom. The maximum atomic E-state index is 12.0. The molecule has 160 valence electrons. The average molecular weight is 417 g/mol. The highest BCUT2D eigenvalue weighted by Crippen LogP contribution is 2.40. The van der Waals surface area contributed by atoms with Gasteiger partial charge in [0, 0.05) is 40.7 Å². The number of non-ortho nitro benzene ring substituents is 1. The van der Waals surface area contributed by atoms with Gasteiger partial charge in [0.05, 0.1) is 17.1 Å². The van der Waals surface area contributed by atoms with Gasteiger partial charge in [-0.25, -0.2) is 9.59 Å². The van der Waals surface area contributed by atoms with E-state index in [1.165, 1.54) is 18.2 Å². The third-order valence-corrected chi connectivity index (χ3v) is 4.46. The van der Waals surface area contributed by atoms with Gasteiger partial charge in [0.25, 0.3) is 5.69 Å². The summed E-state index contributed by atoms with van der Waals surface area (Å²) in [4.78, 5) is 43.7. The second kappa shape index (κ2) is 9.79. The minimum Gasteiger partial charge on any atom is -0.478 e. The van der Waals surface area contributed by atoms with Gasteiger partial charge in [0.2, 0.25) is 0 Å². The molecule has 10 nitrogen and oxygen atoms in total. The number of hydrogen-bond acceptors (Lipinski definition) is 8. The monoisotopic (exact) mass is 417 g/mol. The average Bonchev–Trinajstić information content (AvgIpc) is 2.67. The SMILES string of the molecule is CCOC(=O)CONC(C)=C1C(C)=NC(C)=C(C(=O)O)C1c1cccc([N+](=O)[O-])c1. The number of nitro groups is 1.